The van der Waals surface area contributed by atoms with E-state index >= 15 is 0 Å². The Morgan fingerprint density at radius 3 is 2.06 bits per heavy atom. The molecular formula is C11H23O5P. The summed E-state index contributed by atoms with van der Waals surface area (Å²) in [5.74, 6) is -0.356. The van der Waals surface area contributed by atoms with Gasteiger partial charge in [0, 0.05) is 0 Å². The van der Waals surface area contributed by atoms with Crippen molar-refractivity contribution in [1.29, 1.82) is 0 Å². The number of carbonyl (C=O) groups excluding carboxylic acids is 1. The van der Waals surface area contributed by atoms with E-state index in [1.54, 1.807) is 6.92 Å². The van der Waals surface area contributed by atoms with Crippen LogP contribution in [0.15, 0.2) is 0 Å². The van der Waals surface area contributed by atoms with Gasteiger partial charge in [-0.1, -0.05) is 20.8 Å². The molecule has 0 amide bonds. The van der Waals surface area contributed by atoms with Gasteiger partial charge in [-0.2, -0.15) is 0 Å². The second-order valence-corrected chi connectivity index (χ2v) is 6.41. The molecule has 0 aliphatic rings. The summed E-state index contributed by atoms with van der Waals surface area (Å²) in [5, 5.41) is 0. The highest BCUT2D eigenvalue weighted by molar-refractivity contribution is 7.52. The summed E-state index contributed by atoms with van der Waals surface area (Å²) in [5.41, 5.74) is -1.61. The zero-order chi connectivity index (χ0) is 13.7. The molecule has 102 valence electrons. The van der Waals surface area contributed by atoms with E-state index in [-0.39, 0.29) is 19.0 Å². The molecule has 0 spiro atoms. The Morgan fingerprint density at radius 1 is 1.29 bits per heavy atom. The highest BCUT2D eigenvalue weighted by atomic mass is 31.2. The van der Waals surface area contributed by atoms with E-state index in [0.29, 0.717) is 12.8 Å². The molecule has 0 saturated carbocycles. The first-order valence-electron chi connectivity index (χ1n) is 5.96. The van der Waals surface area contributed by atoms with Crippen LogP contribution in [0.25, 0.3) is 0 Å². The van der Waals surface area contributed by atoms with E-state index in [2.05, 4.69) is 0 Å². The van der Waals surface area contributed by atoms with Crippen molar-refractivity contribution in [3.8, 4) is 0 Å². The van der Waals surface area contributed by atoms with Crippen LogP contribution in [0.2, 0.25) is 0 Å². The Morgan fingerprint density at radius 2 is 1.76 bits per heavy atom. The predicted octanol–water partition coefficient (Wildman–Crippen LogP) is 2.31. The maximum atomic E-state index is 11.9. The molecule has 0 bridgehead atoms. The molecule has 0 aliphatic carbocycles. The van der Waals surface area contributed by atoms with Crippen molar-refractivity contribution in [3.05, 3.63) is 0 Å². The minimum absolute atomic E-state index is 0.156. The quantitative estimate of drug-likeness (QED) is 0.545. The lowest BCUT2D eigenvalue weighted by atomic mass is 9.78. The Labute approximate surface area is 103 Å². The van der Waals surface area contributed by atoms with Crippen LogP contribution < -0.4 is 0 Å². The fourth-order valence-electron chi connectivity index (χ4n) is 1.88. The molecule has 6 heteroatoms. The first-order valence-corrected chi connectivity index (χ1v) is 7.64. The smallest absolute Gasteiger partial charge is 0.328 e. The first kappa shape index (κ1) is 16.6. The second kappa shape index (κ2) is 6.53. The van der Waals surface area contributed by atoms with Gasteiger partial charge in [0.25, 0.3) is 0 Å². The Kier molecular flexibility index (Phi) is 6.38. The van der Waals surface area contributed by atoms with E-state index in [9.17, 15) is 9.36 Å². The molecule has 1 unspecified atom stereocenters. The van der Waals surface area contributed by atoms with Crippen molar-refractivity contribution in [2.45, 2.75) is 52.6 Å². The lowest BCUT2D eigenvalue weighted by molar-refractivity contribution is -0.156. The van der Waals surface area contributed by atoms with Gasteiger partial charge in [0.15, 0.2) is 0 Å². The van der Waals surface area contributed by atoms with E-state index in [4.69, 9.17) is 14.5 Å². The van der Waals surface area contributed by atoms with Gasteiger partial charge in [-0.05, 0) is 26.2 Å². The maximum absolute atomic E-state index is 11.9. The standard InChI is InChI=1S/C11H23O5P/c1-5-11(6-2,10(12)16-7-3)8-9(4)17(13,14)15/h9H,5-8H2,1-4H3,(H2,13,14,15). The van der Waals surface area contributed by atoms with Gasteiger partial charge >= 0.3 is 13.6 Å². The van der Waals surface area contributed by atoms with Gasteiger partial charge in [0.2, 0.25) is 0 Å². The van der Waals surface area contributed by atoms with Crippen LogP contribution in [-0.4, -0.2) is 28.0 Å². The van der Waals surface area contributed by atoms with E-state index in [1.807, 2.05) is 13.8 Å². The fraction of sp³-hybridized carbons (Fsp3) is 0.909. The van der Waals surface area contributed by atoms with Gasteiger partial charge in [0.05, 0.1) is 17.7 Å². The normalized spacial score (nSPS) is 14.5. The number of hydrogen-bond donors (Lipinski definition) is 2. The van der Waals surface area contributed by atoms with Crippen LogP contribution in [0.5, 0.6) is 0 Å². The zero-order valence-electron chi connectivity index (χ0n) is 11.0. The summed E-state index contributed by atoms with van der Waals surface area (Å²) < 4.78 is 16.2. The number of ether oxygens (including phenoxy) is 1. The summed E-state index contributed by atoms with van der Waals surface area (Å²) in [6.45, 7) is 7.16. The summed E-state index contributed by atoms with van der Waals surface area (Å²) >= 11 is 0. The van der Waals surface area contributed by atoms with Crippen LogP contribution in [0.4, 0.5) is 0 Å². The van der Waals surface area contributed by atoms with Gasteiger partial charge in [-0.3, -0.25) is 9.36 Å². The lowest BCUT2D eigenvalue weighted by Gasteiger charge is -2.31. The van der Waals surface area contributed by atoms with Gasteiger partial charge in [-0.25, -0.2) is 0 Å². The molecule has 0 aromatic rings. The van der Waals surface area contributed by atoms with Crippen molar-refractivity contribution < 1.29 is 23.9 Å². The molecule has 17 heavy (non-hydrogen) atoms. The average Bonchev–Trinajstić information content (AvgIpc) is 2.24. The molecule has 1 atom stereocenters. The van der Waals surface area contributed by atoms with Crippen molar-refractivity contribution in [2.24, 2.45) is 5.41 Å². The highest BCUT2D eigenvalue weighted by Crippen LogP contribution is 2.48. The van der Waals surface area contributed by atoms with Crippen LogP contribution in [0.3, 0.4) is 0 Å². The maximum Gasteiger partial charge on any atom is 0.328 e. The molecule has 0 aromatic heterocycles. The fourth-order valence-corrected chi connectivity index (χ4v) is 2.47. The molecule has 0 rings (SSSR count). The van der Waals surface area contributed by atoms with Gasteiger partial charge in [-0.15, -0.1) is 0 Å². The Balaban J connectivity index is 4.96. The van der Waals surface area contributed by atoms with Crippen LogP contribution in [0.1, 0.15) is 47.0 Å². The third-order valence-corrected chi connectivity index (χ3v) is 4.65. The van der Waals surface area contributed by atoms with Crippen LogP contribution >= 0.6 is 7.60 Å². The van der Waals surface area contributed by atoms with E-state index < -0.39 is 18.7 Å². The minimum Gasteiger partial charge on any atom is -0.466 e. The van der Waals surface area contributed by atoms with Crippen LogP contribution in [0, 0.1) is 5.41 Å². The van der Waals surface area contributed by atoms with Gasteiger partial charge < -0.3 is 14.5 Å². The van der Waals surface area contributed by atoms with Gasteiger partial charge in [0.1, 0.15) is 0 Å². The molecule has 0 saturated heterocycles. The monoisotopic (exact) mass is 266 g/mol. The zero-order valence-corrected chi connectivity index (χ0v) is 11.9. The van der Waals surface area contributed by atoms with E-state index in [1.165, 1.54) is 6.92 Å². The van der Waals surface area contributed by atoms with Crippen molar-refractivity contribution in [3.63, 3.8) is 0 Å². The lowest BCUT2D eigenvalue weighted by Crippen LogP contribution is -2.35. The summed E-state index contributed by atoms with van der Waals surface area (Å²) in [4.78, 5) is 30.1. The van der Waals surface area contributed by atoms with Crippen molar-refractivity contribution >= 4 is 13.6 Å². The van der Waals surface area contributed by atoms with Crippen molar-refractivity contribution in [1.82, 2.24) is 0 Å². The Hall–Kier alpha value is -0.380. The molecule has 0 fully saturated rings. The third kappa shape index (κ3) is 4.41. The van der Waals surface area contributed by atoms with E-state index in [0.717, 1.165) is 0 Å². The second-order valence-electron chi connectivity index (χ2n) is 4.35. The molecule has 0 aliphatic heterocycles. The predicted molar refractivity (Wildman–Crippen MR) is 65.8 cm³/mol. The summed E-state index contributed by atoms with van der Waals surface area (Å²) in [7, 11) is -4.15. The topological polar surface area (TPSA) is 83.8 Å². The largest absolute Gasteiger partial charge is 0.466 e. The molecular weight excluding hydrogens is 243 g/mol. The molecule has 5 nitrogen and oxygen atoms in total. The molecule has 0 radical (unpaired) electrons. The first-order chi connectivity index (χ1) is 7.73. The number of rotatable bonds is 7. The summed E-state index contributed by atoms with van der Waals surface area (Å²) in [6, 6.07) is 0. The SMILES string of the molecule is CCOC(=O)C(CC)(CC)CC(C)P(=O)(O)O. The molecule has 0 aromatic carbocycles. The summed E-state index contributed by atoms with van der Waals surface area (Å²) in [6.07, 6.45) is 1.20. The average molecular weight is 266 g/mol. The third-order valence-electron chi connectivity index (χ3n) is 3.32. The number of carbonyl (C=O) groups is 1. The van der Waals surface area contributed by atoms with Crippen LogP contribution in [-0.2, 0) is 14.1 Å². The minimum atomic E-state index is -4.15. The number of esters is 1. The highest BCUT2D eigenvalue weighted by Gasteiger charge is 2.41. The molecule has 2 N–H and O–H groups in total. The molecule has 0 heterocycles. The Bertz CT molecular complexity index is 292. The number of hydrogen-bond acceptors (Lipinski definition) is 3. The van der Waals surface area contributed by atoms with Crippen molar-refractivity contribution in [2.75, 3.05) is 6.61 Å².